The topological polar surface area (TPSA) is 25.2 Å². The Balaban J connectivity index is 1.32. The summed E-state index contributed by atoms with van der Waals surface area (Å²) in [7, 11) is 2.05. The van der Waals surface area contributed by atoms with E-state index in [0.717, 1.165) is 48.2 Å². The number of aromatic nitrogens is 1. The van der Waals surface area contributed by atoms with Crippen LogP contribution in [0.1, 0.15) is 47.3 Å². The van der Waals surface area contributed by atoms with Crippen molar-refractivity contribution in [2.45, 2.75) is 39.2 Å². The first-order valence-electron chi connectivity index (χ1n) is 10.5. The fourth-order valence-corrected chi connectivity index (χ4v) is 4.61. The lowest BCUT2D eigenvalue weighted by molar-refractivity contribution is 0.0962. The van der Waals surface area contributed by atoms with Crippen molar-refractivity contribution in [3.63, 3.8) is 0 Å². The molecule has 0 saturated carbocycles. The van der Waals surface area contributed by atoms with Gasteiger partial charge in [-0.1, -0.05) is 48.5 Å². The van der Waals surface area contributed by atoms with Crippen LogP contribution in [0.2, 0.25) is 0 Å². The molecule has 1 aliphatic heterocycles. The summed E-state index contributed by atoms with van der Waals surface area (Å²) < 4.78 is 2.14. The van der Waals surface area contributed by atoms with E-state index in [4.69, 9.17) is 0 Å². The second-order valence-electron chi connectivity index (χ2n) is 8.20. The highest BCUT2D eigenvalue weighted by Crippen LogP contribution is 2.28. The largest absolute Gasteiger partial charge is 0.347 e. The summed E-state index contributed by atoms with van der Waals surface area (Å²) in [6, 6.07) is 19.0. The quantitative estimate of drug-likeness (QED) is 0.543. The fraction of sp³-hybridized carbons (Fsp3) is 0.400. The number of rotatable bonds is 6. The highest BCUT2D eigenvalue weighted by Gasteiger charge is 2.22. The molecule has 0 aliphatic carbocycles. The van der Waals surface area contributed by atoms with Gasteiger partial charge < -0.3 is 4.57 Å². The summed E-state index contributed by atoms with van der Waals surface area (Å²) in [6.45, 7) is 5.39. The Kier molecular flexibility index (Phi) is 5.63. The van der Waals surface area contributed by atoms with Crippen molar-refractivity contribution in [2.24, 2.45) is 13.0 Å². The Labute approximate surface area is 168 Å². The molecule has 2 heterocycles. The highest BCUT2D eigenvalue weighted by atomic mass is 16.1. The first-order valence-corrected chi connectivity index (χ1v) is 10.5. The maximum Gasteiger partial charge on any atom is 0.165 e. The van der Waals surface area contributed by atoms with Gasteiger partial charge in [0.05, 0.1) is 0 Å². The van der Waals surface area contributed by atoms with Crippen LogP contribution in [-0.4, -0.2) is 28.3 Å². The molecule has 2 aromatic carbocycles. The zero-order valence-electron chi connectivity index (χ0n) is 17.0. The summed E-state index contributed by atoms with van der Waals surface area (Å²) in [5.41, 5.74) is 4.56. The molecule has 3 nitrogen and oxygen atoms in total. The number of aryl methyl sites for hydroxylation is 1. The predicted octanol–water partition coefficient (Wildman–Crippen LogP) is 5.36. The lowest BCUT2D eigenvalue weighted by Crippen LogP contribution is -2.33. The molecule has 3 aromatic rings. The Morgan fingerprint density at radius 1 is 1.00 bits per heavy atom. The van der Waals surface area contributed by atoms with E-state index in [1.54, 1.807) is 0 Å². The summed E-state index contributed by atoms with van der Waals surface area (Å²) in [4.78, 5) is 15.6. The average Bonchev–Trinajstić information content (AvgIpc) is 2.99. The number of hydrogen-bond donors (Lipinski definition) is 0. The molecule has 0 amide bonds. The molecule has 0 N–H and O–H groups in total. The van der Waals surface area contributed by atoms with Crippen molar-refractivity contribution in [1.82, 2.24) is 9.47 Å². The van der Waals surface area contributed by atoms with Gasteiger partial charge in [-0.2, -0.15) is 0 Å². The molecule has 0 unspecified atom stereocenters. The van der Waals surface area contributed by atoms with Gasteiger partial charge >= 0.3 is 0 Å². The van der Waals surface area contributed by atoms with Gasteiger partial charge in [0.1, 0.15) is 0 Å². The van der Waals surface area contributed by atoms with Crippen LogP contribution in [0.5, 0.6) is 0 Å². The molecule has 28 heavy (non-hydrogen) atoms. The monoisotopic (exact) mass is 374 g/mol. The second-order valence-corrected chi connectivity index (χ2v) is 8.20. The van der Waals surface area contributed by atoms with Crippen molar-refractivity contribution in [2.75, 3.05) is 13.1 Å². The Morgan fingerprint density at radius 2 is 1.68 bits per heavy atom. The van der Waals surface area contributed by atoms with Crippen molar-refractivity contribution >= 4 is 16.7 Å². The molecule has 0 spiro atoms. The number of ketones is 1. The van der Waals surface area contributed by atoms with E-state index < -0.39 is 0 Å². The number of carbonyl (C=O) groups is 1. The molecule has 1 aliphatic rings. The van der Waals surface area contributed by atoms with E-state index in [1.807, 2.05) is 12.1 Å². The van der Waals surface area contributed by atoms with E-state index in [0.29, 0.717) is 18.1 Å². The molecule has 1 fully saturated rings. The lowest BCUT2D eigenvalue weighted by atomic mass is 9.90. The predicted molar refractivity (Wildman–Crippen MR) is 116 cm³/mol. The van der Waals surface area contributed by atoms with E-state index in [9.17, 15) is 4.79 Å². The number of nitrogens with zero attached hydrogens (tertiary/aromatic N) is 2. The summed E-state index contributed by atoms with van der Waals surface area (Å²) >= 11 is 0. The molecule has 3 heteroatoms. The van der Waals surface area contributed by atoms with E-state index >= 15 is 0 Å². The van der Waals surface area contributed by atoms with Gasteiger partial charge in [-0.3, -0.25) is 9.69 Å². The van der Waals surface area contributed by atoms with Crippen molar-refractivity contribution < 1.29 is 4.79 Å². The van der Waals surface area contributed by atoms with Crippen LogP contribution in [0.4, 0.5) is 0 Å². The molecular formula is C25H30N2O. The Hall–Kier alpha value is -2.39. The highest BCUT2D eigenvalue weighted by molar-refractivity contribution is 6.09. The van der Waals surface area contributed by atoms with Gasteiger partial charge in [-0.15, -0.1) is 0 Å². The fourth-order valence-electron chi connectivity index (χ4n) is 4.61. The zero-order valence-corrected chi connectivity index (χ0v) is 17.0. The average molecular weight is 375 g/mol. The normalized spacial score (nSPS) is 15.9. The van der Waals surface area contributed by atoms with Crippen LogP contribution in [0.15, 0.2) is 54.6 Å². The summed E-state index contributed by atoms with van der Waals surface area (Å²) in [6.07, 6.45) is 4.09. The van der Waals surface area contributed by atoms with E-state index in [2.05, 4.69) is 65.9 Å². The number of piperidine rings is 1. The van der Waals surface area contributed by atoms with E-state index in [1.165, 1.54) is 18.4 Å². The number of fused-ring (bicyclic) bond motifs is 1. The van der Waals surface area contributed by atoms with Crippen LogP contribution in [0.25, 0.3) is 10.9 Å². The van der Waals surface area contributed by atoms with Crippen LogP contribution in [-0.2, 0) is 13.6 Å². The van der Waals surface area contributed by atoms with Crippen molar-refractivity contribution in [3.05, 3.63) is 71.4 Å². The van der Waals surface area contributed by atoms with Crippen molar-refractivity contribution in [3.8, 4) is 0 Å². The maximum atomic E-state index is 13.0. The number of benzene rings is 2. The number of para-hydroxylation sites is 1. The van der Waals surface area contributed by atoms with Gasteiger partial charge in [-0.25, -0.2) is 0 Å². The van der Waals surface area contributed by atoms with Gasteiger partial charge in [0, 0.05) is 42.2 Å². The minimum Gasteiger partial charge on any atom is -0.347 e. The number of hydrogen-bond acceptors (Lipinski definition) is 2. The minimum absolute atomic E-state index is 0.306. The Morgan fingerprint density at radius 3 is 2.43 bits per heavy atom. The molecule has 4 rings (SSSR count). The first kappa shape index (κ1) is 18.9. The Bertz CT molecular complexity index is 949. The second kappa shape index (κ2) is 8.32. The SMILES string of the molecule is Cc1c(C(=O)CCC2CCN(Cc3ccccc3)CC2)c2ccccc2n1C. The summed E-state index contributed by atoms with van der Waals surface area (Å²) in [5.74, 6) is 0.979. The third-order valence-electron chi connectivity index (χ3n) is 6.41. The van der Waals surface area contributed by atoms with Gasteiger partial charge in [0.25, 0.3) is 0 Å². The molecular weight excluding hydrogens is 344 g/mol. The van der Waals surface area contributed by atoms with Crippen LogP contribution >= 0.6 is 0 Å². The molecule has 0 bridgehead atoms. The third-order valence-corrected chi connectivity index (χ3v) is 6.41. The standard InChI is InChI=1S/C25H30N2O/c1-19-25(22-10-6-7-11-23(22)26(19)2)24(28)13-12-20-14-16-27(17-15-20)18-21-8-4-3-5-9-21/h3-11,20H,12-18H2,1-2H3. The summed E-state index contributed by atoms with van der Waals surface area (Å²) in [5, 5.41) is 1.10. The van der Waals surface area contributed by atoms with Gasteiger partial charge in [0.15, 0.2) is 5.78 Å². The van der Waals surface area contributed by atoms with Crippen LogP contribution < -0.4 is 0 Å². The van der Waals surface area contributed by atoms with Crippen LogP contribution in [0, 0.1) is 12.8 Å². The van der Waals surface area contributed by atoms with E-state index in [-0.39, 0.29) is 0 Å². The number of likely N-dealkylation sites (tertiary alicyclic amines) is 1. The number of carbonyl (C=O) groups excluding carboxylic acids is 1. The molecule has 0 radical (unpaired) electrons. The zero-order chi connectivity index (χ0) is 19.5. The number of Topliss-reactive ketones (excluding diaryl/α,β-unsaturated/α-hetero) is 1. The van der Waals surface area contributed by atoms with Crippen LogP contribution in [0.3, 0.4) is 0 Å². The molecule has 1 aromatic heterocycles. The minimum atomic E-state index is 0.306. The first-order chi connectivity index (χ1) is 13.6. The molecule has 146 valence electrons. The smallest absolute Gasteiger partial charge is 0.165 e. The molecule has 0 atom stereocenters. The van der Waals surface area contributed by atoms with Gasteiger partial charge in [-0.05, 0) is 56.8 Å². The molecule has 1 saturated heterocycles. The lowest BCUT2D eigenvalue weighted by Gasteiger charge is -2.32. The maximum absolute atomic E-state index is 13.0. The van der Waals surface area contributed by atoms with Gasteiger partial charge in [0.2, 0.25) is 0 Å². The third kappa shape index (κ3) is 3.90. The van der Waals surface area contributed by atoms with Crippen molar-refractivity contribution in [1.29, 1.82) is 0 Å².